The van der Waals surface area contributed by atoms with E-state index in [0.29, 0.717) is 0 Å². The Morgan fingerprint density at radius 3 is 2.70 bits per heavy atom. The van der Waals surface area contributed by atoms with Crippen molar-refractivity contribution in [3.8, 4) is 12.3 Å². The second kappa shape index (κ2) is 3.91. The molecule has 56 valence electrons. The summed E-state index contributed by atoms with van der Waals surface area (Å²) in [7, 11) is 1.55. The van der Waals surface area contributed by atoms with E-state index in [4.69, 9.17) is 11.5 Å². The molecule has 0 aromatic carbocycles. The number of rotatable bonds is 2. The monoisotopic (exact) mass is 141 g/mol. The van der Waals surface area contributed by atoms with Crippen molar-refractivity contribution < 1.29 is 9.90 Å². The highest BCUT2D eigenvalue weighted by Crippen LogP contribution is 1.87. The lowest BCUT2D eigenvalue weighted by molar-refractivity contribution is -0.124. The Bertz CT molecular complexity index is 157. The molecule has 3 nitrogen and oxygen atoms in total. The van der Waals surface area contributed by atoms with Crippen LogP contribution in [0.2, 0.25) is 0 Å². The quantitative estimate of drug-likeness (QED) is 0.525. The fraction of sp³-hybridized carbons (Fsp3) is 0.571. The number of carbonyl (C=O) groups is 1. The van der Waals surface area contributed by atoms with E-state index in [0.717, 1.165) is 0 Å². The lowest BCUT2D eigenvalue weighted by atomic mass is 10.4. The van der Waals surface area contributed by atoms with Crippen LogP contribution in [0.3, 0.4) is 0 Å². The van der Waals surface area contributed by atoms with Gasteiger partial charge in [0.05, 0.1) is 6.10 Å². The summed E-state index contributed by atoms with van der Waals surface area (Å²) >= 11 is 0. The van der Waals surface area contributed by atoms with Crippen molar-refractivity contribution in [3.63, 3.8) is 0 Å². The summed E-state index contributed by atoms with van der Waals surface area (Å²) in [4.78, 5) is 11.9. The number of likely N-dealkylation sites (N-methyl/N-ethyl adjacent to an activating group) is 1. The topological polar surface area (TPSA) is 40.5 Å². The van der Waals surface area contributed by atoms with E-state index < -0.39 is 12.0 Å². The normalized spacial score (nSPS) is 11.8. The Labute approximate surface area is 60.6 Å². The number of terminal acetylenes is 1. The standard InChI is InChI=1S/C7H11NO2/c1-4-7(10)8(3)5-6(2)9/h1,6,9H,5H2,2-3H3/t6-/m0/s1. The third kappa shape index (κ3) is 3.10. The molecule has 10 heavy (non-hydrogen) atoms. The minimum Gasteiger partial charge on any atom is -0.392 e. The molecule has 0 fully saturated rings. The molecule has 0 saturated carbocycles. The Morgan fingerprint density at radius 1 is 1.90 bits per heavy atom. The highest BCUT2D eigenvalue weighted by Gasteiger charge is 2.06. The van der Waals surface area contributed by atoms with E-state index in [9.17, 15) is 4.79 Å². The smallest absolute Gasteiger partial charge is 0.298 e. The van der Waals surface area contributed by atoms with Gasteiger partial charge in [-0.05, 0) is 12.8 Å². The highest BCUT2D eigenvalue weighted by atomic mass is 16.3. The zero-order chi connectivity index (χ0) is 8.15. The van der Waals surface area contributed by atoms with E-state index in [1.165, 1.54) is 4.90 Å². The Morgan fingerprint density at radius 2 is 2.40 bits per heavy atom. The minimum absolute atomic E-state index is 0.281. The zero-order valence-electron chi connectivity index (χ0n) is 6.16. The van der Waals surface area contributed by atoms with Crippen LogP contribution < -0.4 is 0 Å². The molecule has 0 radical (unpaired) electrons. The number of aliphatic hydroxyl groups excluding tert-OH is 1. The maximum absolute atomic E-state index is 10.6. The van der Waals surface area contributed by atoms with E-state index >= 15 is 0 Å². The van der Waals surface area contributed by atoms with Crippen molar-refractivity contribution in [1.29, 1.82) is 0 Å². The summed E-state index contributed by atoms with van der Waals surface area (Å²) in [6.07, 6.45) is 4.30. The molecule has 0 heterocycles. The van der Waals surface area contributed by atoms with Gasteiger partial charge < -0.3 is 10.0 Å². The van der Waals surface area contributed by atoms with Gasteiger partial charge in [-0.3, -0.25) is 4.79 Å². The molecule has 0 rings (SSSR count). The maximum atomic E-state index is 10.6. The van der Waals surface area contributed by atoms with Gasteiger partial charge in [-0.1, -0.05) is 0 Å². The molecule has 0 aliphatic heterocycles. The first-order valence-corrected chi connectivity index (χ1v) is 2.97. The summed E-state index contributed by atoms with van der Waals surface area (Å²) in [5, 5.41) is 8.80. The molecule has 0 bridgehead atoms. The molecule has 1 atom stereocenters. The second-order valence-corrected chi connectivity index (χ2v) is 2.18. The molecule has 0 aromatic rings. The first-order chi connectivity index (χ1) is 4.57. The van der Waals surface area contributed by atoms with Gasteiger partial charge in [-0.2, -0.15) is 0 Å². The van der Waals surface area contributed by atoms with Crippen LogP contribution in [0, 0.1) is 12.3 Å². The summed E-state index contributed by atoms with van der Waals surface area (Å²) in [6.45, 7) is 1.88. The minimum atomic E-state index is -0.526. The molecule has 3 heteroatoms. The Kier molecular flexibility index (Phi) is 3.52. The number of hydrogen-bond acceptors (Lipinski definition) is 2. The van der Waals surface area contributed by atoms with Crippen LogP contribution in [0.25, 0.3) is 0 Å². The summed E-state index contributed by atoms with van der Waals surface area (Å²) in [5.41, 5.74) is 0. The van der Waals surface area contributed by atoms with Crippen molar-refractivity contribution in [2.24, 2.45) is 0 Å². The molecule has 1 N–H and O–H groups in total. The van der Waals surface area contributed by atoms with Gasteiger partial charge in [0.25, 0.3) is 5.91 Å². The van der Waals surface area contributed by atoms with E-state index in [2.05, 4.69) is 0 Å². The summed E-state index contributed by atoms with van der Waals surface area (Å²) in [5.74, 6) is 1.54. The van der Waals surface area contributed by atoms with Crippen molar-refractivity contribution in [2.45, 2.75) is 13.0 Å². The number of nitrogens with zero attached hydrogens (tertiary/aromatic N) is 1. The molecule has 1 amide bonds. The van der Waals surface area contributed by atoms with Crippen molar-refractivity contribution in [2.75, 3.05) is 13.6 Å². The van der Waals surface area contributed by atoms with Crippen molar-refractivity contribution in [1.82, 2.24) is 4.90 Å². The van der Waals surface area contributed by atoms with Gasteiger partial charge in [-0.25, -0.2) is 0 Å². The SMILES string of the molecule is C#CC(=O)N(C)C[C@H](C)O. The van der Waals surface area contributed by atoms with Crippen LogP contribution in [-0.4, -0.2) is 35.6 Å². The van der Waals surface area contributed by atoms with Gasteiger partial charge >= 0.3 is 0 Å². The second-order valence-electron chi connectivity index (χ2n) is 2.18. The third-order valence-electron chi connectivity index (χ3n) is 1.01. The van der Waals surface area contributed by atoms with Crippen LogP contribution in [0.5, 0.6) is 0 Å². The predicted octanol–water partition coefficient (Wildman–Crippen LogP) is -0.541. The lowest BCUT2D eigenvalue weighted by Crippen LogP contribution is -2.31. The van der Waals surface area contributed by atoms with Gasteiger partial charge in [0, 0.05) is 13.6 Å². The van der Waals surface area contributed by atoms with Crippen LogP contribution in [0.15, 0.2) is 0 Å². The van der Waals surface area contributed by atoms with Crippen LogP contribution in [0.1, 0.15) is 6.92 Å². The number of hydrogen-bond donors (Lipinski definition) is 1. The summed E-state index contributed by atoms with van der Waals surface area (Å²) < 4.78 is 0. The van der Waals surface area contributed by atoms with E-state index in [-0.39, 0.29) is 6.54 Å². The molecule has 0 aliphatic carbocycles. The van der Waals surface area contributed by atoms with Gasteiger partial charge in [0.1, 0.15) is 0 Å². The predicted molar refractivity (Wildman–Crippen MR) is 38.2 cm³/mol. The molecular weight excluding hydrogens is 130 g/mol. The Balaban J connectivity index is 3.76. The number of amides is 1. The number of carbonyl (C=O) groups excluding carboxylic acids is 1. The fourth-order valence-corrected chi connectivity index (χ4v) is 0.589. The third-order valence-corrected chi connectivity index (χ3v) is 1.01. The summed E-state index contributed by atoms with van der Waals surface area (Å²) in [6, 6.07) is 0. The number of aliphatic hydroxyl groups is 1. The first kappa shape index (κ1) is 8.99. The molecule has 0 saturated heterocycles. The van der Waals surface area contributed by atoms with Gasteiger partial charge in [-0.15, -0.1) is 6.42 Å². The maximum Gasteiger partial charge on any atom is 0.298 e. The molecule has 0 spiro atoms. The fourth-order valence-electron chi connectivity index (χ4n) is 0.589. The van der Waals surface area contributed by atoms with Crippen LogP contribution in [0.4, 0.5) is 0 Å². The Hall–Kier alpha value is -1.01. The van der Waals surface area contributed by atoms with Crippen LogP contribution >= 0.6 is 0 Å². The average molecular weight is 141 g/mol. The zero-order valence-corrected chi connectivity index (χ0v) is 6.16. The van der Waals surface area contributed by atoms with Gasteiger partial charge in [0.2, 0.25) is 0 Å². The van der Waals surface area contributed by atoms with Gasteiger partial charge in [0.15, 0.2) is 0 Å². The highest BCUT2D eigenvalue weighted by molar-refractivity contribution is 5.92. The largest absolute Gasteiger partial charge is 0.392 e. The van der Waals surface area contributed by atoms with E-state index in [1.807, 2.05) is 5.92 Å². The first-order valence-electron chi connectivity index (χ1n) is 2.97. The van der Waals surface area contributed by atoms with E-state index in [1.54, 1.807) is 14.0 Å². The molecule has 0 unspecified atom stereocenters. The lowest BCUT2D eigenvalue weighted by Gasteiger charge is -2.14. The molecule has 0 aliphatic rings. The molecule has 0 aromatic heterocycles. The molecular formula is C7H11NO2. The van der Waals surface area contributed by atoms with Crippen molar-refractivity contribution in [3.05, 3.63) is 0 Å². The average Bonchev–Trinajstić information content (AvgIpc) is 1.85. The van der Waals surface area contributed by atoms with Crippen LogP contribution in [-0.2, 0) is 4.79 Å². The van der Waals surface area contributed by atoms with Crippen molar-refractivity contribution >= 4 is 5.91 Å².